The highest BCUT2D eigenvalue weighted by molar-refractivity contribution is 7.47. The molecule has 0 aromatic rings. The summed E-state index contributed by atoms with van der Waals surface area (Å²) in [6, 6.07) is 0. The summed E-state index contributed by atoms with van der Waals surface area (Å²) in [7, 11) is -4.63. The molecule has 0 radical (unpaired) electrons. The van der Waals surface area contributed by atoms with Gasteiger partial charge in [0.05, 0.1) is 26.4 Å². The van der Waals surface area contributed by atoms with Gasteiger partial charge in [-0.05, 0) is 12.8 Å². The average molecular weight is 905 g/mol. The summed E-state index contributed by atoms with van der Waals surface area (Å²) in [6.07, 6.45) is 48.0. The van der Waals surface area contributed by atoms with Crippen molar-refractivity contribution in [3.8, 4) is 0 Å². The molecule has 0 spiro atoms. The molecule has 0 aliphatic rings. The second-order valence-electron chi connectivity index (χ2n) is 18.2. The van der Waals surface area contributed by atoms with Crippen molar-refractivity contribution in [1.29, 1.82) is 0 Å². The van der Waals surface area contributed by atoms with E-state index in [1.807, 2.05) is 0 Å². The van der Waals surface area contributed by atoms with E-state index in [4.69, 9.17) is 18.5 Å². The van der Waals surface area contributed by atoms with Crippen LogP contribution >= 0.6 is 7.82 Å². The number of aliphatic hydroxyl groups excluding tert-OH is 2. The number of esters is 2. The summed E-state index contributed by atoms with van der Waals surface area (Å²) in [5, 5.41) is 19.3. The highest BCUT2D eigenvalue weighted by atomic mass is 31.2. The third kappa shape index (κ3) is 45.5. The average Bonchev–Trinajstić information content (AvgIpc) is 3.26. The van der Waals surface area contributed by atoms with Crippen LogP contribution in [0.5, 0.6) is 0 Å². The third-order valence-corrected chi connectivity index (χ3v) is 13.0. The Balaban J connectivity index is 3.76. The first-order chi connectivity index (χ1) is 30.3. The maximum Gasteiger partial charge on any atom is 0.472 e. The van der Waals surface area contributed by atoms with Gasteiger partial charge in [0.1, 0.15) is 12.2 Å². The molecule has 0 fully saturated rings. The molecule has 3 N–H and O–H groups in total. The normalized spacial score (nSPS) is 13.6. The molecule has 3 unspecified atom stereocenters. The molecular weight excluding hydrogens is 804 g/mol. The van der Waals surface area contributed by atoms with Crippen LogP contribution in [0.25, 0.3) is 0 Å². The van der Waals surface area contributed by atoms with Gasteiger partial charge in [-0.3, -0.25) is 18.6 Å². The largest absolute Gasteiger partial charge is 0.472 e. The molecule has 10 nitrogen and oxygen atoms in total. The van der Waals surface area contributed by atoms with Gasteiger partial charge in [0, 0.05) is 12.8 Å². The maximum atomic E-state index is 12.4. The Kier molecular flexibility index (Phi) is 47.1. The van der Waals surface area contributed by atoms with E-state index in [0.29, 0.717) is 12.8 Å². The molecule has 0 saturated carbocycles. The second kappa shape index (κ2) is 47.9. The molecule has 62 heavy (non-hydrogen) atoms. The molecule has 0 aromatic heterocycles. The molecule has 0 rings (SSSR count). The first-order valence-corrected chi connectivity index (χ1v) is 28.0. The van der Waals surface area contributed by atoms with Gasteiger partial charge in [-0.1, -0.05) is 251 Å². The summed E-state index contributed by atoms with van der Waals surface area (Å²) < 4.78 is 32.7. The number of phosphoric ester groups is 1. The summed E-state index contributed by atoms with van der Waals surface area (Å²) in [4.78, 5) is 34.7. The van der Waals surface area contributed by atoms with E-state index in [9.17, 15) is 29.3 Å². The van der Waals surface area contributed by atoms with Gasteiger partial charge in [-0.15, -0.1) is 0 Å². The van der Waals surface area contributed by atoms with Crippen molar-refractivity contribution in [1.82, 2.24) is 0 Å². The molecule has 0 aromatic carbocycles. The van der Waals surface area contributed by atoms with E-state index >= 15 is 0 Å². The van der Waals surface area contributed by atoms with Crippen LogP contribution in [0.3, 0.4) is 0 Å². The SMILES string of the molecule is CCCCCCCCCCCCCCCCCCCCCCCCCC(=O)OC(CO)COP(=O)(O)OCC(CO)OC(=O)CCCCCCCCCCCCCCCCCC. The Hall–Kier alpha value is -1.03. The van der Waals surface area contributed by atoms with E-state index < -0.39 is 58.4 Å². The van der Waals surface area contributed by atoms with Crippen LogP contribution in [0.2, 0.25) is 0 Å². The number of hydrogen-bond donors (Lipinski definition) is 3. The van der Waals surface area contributed by atoms with E-state index in [0.717, 1.165) is 38.5 Å². The Labute approximate surface area is 382 Å². The minimum absolute atomic E-state index is 0.200. The van der Waals surface area contributed by atoms with Crippen molar-refractivity contribution in [3.63, 3.8) is 0 Å². The van der Waals surface area contributed by atoms with E-state index in [1.54, 1.807) is 0 Å². The van der Waals surface area contributed by atoms with Gasteiger partial charge >= 0.3 is 19.8 Å². The third-order valence-electron chi connectivity index (χ3n) is 12.1. The fraction of sp³-hybridized carbons (Fsp3) is 0.961. The Morgan fingerprint density at radius 1 is 0.371 bits per heavy atom. The van der Waals surface area contributed by atoms with Crippen LogP contribution in [0, 0.1) is 0 Å². The predicted molar refractivity (Wildman–Crippen MR) is 256 cm³/mol. The molecule has 0 aliphatic heterocycles. The van der Waals surface area contributed by atoms with Crippen LogP contribution in [0.1, 0.15) is 277 Å². The van der Waals surface area contributed by atoms with E-state index in [1.165, 1.54) is 199 Å². The fourth-order valence-electron chi connectivity index (χ4n) is 8.00. The molecule has 370 valence electrons. The monoisotopic (exact) mass is 905 g/mol. The Morgan fingerprint density at radius 3 is 0.758 bits per heavy atom. The van der Waals surface area contributed by atoms with Crippen LogP contribution in [0.4, 0.5) is 0 Å². The number of carbonyl (C=O) groups is 2. The van der Waals surface area contributed by atoms with Gasteiger partial charge in [0.2, 0.25) is 0 Å². The minimum Gasteiger partial charge on any atom is -0.457 e. The number of rotatable bonds is 51. The first kappa shape index (κ1) is 61.0. The minimum atomic E-state index is -4.63. The van der Waals surface area contributed by atoms with Crippen LogP contribution in [0.15, 0.2) is 0 Å². The number of ether oxygens (including phenoxy) is 2. The van der Waals surface area contributed by atoms with Crippen LogP contribution in [-0.4, -0.2) is 65.7 Å². The van der Waals surface area contributed by atoms with Crippen molar-refractivity contribution in [2.75, 3.05) is 26.4 Å². The number of unbranched alkanes of at least 4 members (excludes halogenated alkanes) is 37. The van der Waals surface area contributed by atoms with Crippen LogP contribution in [-0.2, 0) is 32.7 Å². The van der Waals surface area contributed by atoms with Crippen molar-refractivity contribution >= 4 is 19.8 Å². The van der Waals surface area contributed by atoms with Gasteiger partial charge < -0.3 is 24.6 Å². The highest BCUT2D eigenvalue weighted by Gasteiger charge is 2.27. The summed E-state index contributed by atoms with van der Waals surface area (Å²) in [5.41, 5.74) is 0. The van der Waals surface area contributed by atoms with Crippen molar-refractivity contribution in [2.45, 2.75) is 289 Å². The molecular formula is C51H101O10P. The van der Waals surface area contributed by atoms with Gasteiger partial charge in [0.15, 0.2) is 0 Å². The van der Waals surface area contributed by atoms with E-state index in [-0.39, 0.29) is 12.8 Å². The number of aliphatic hydroxyl groups is 2. The first-order valence-electron chi connectivity index (χ1n) is 26.5. The lowest BCUT2D eigenvalue weighted by Gasteiger charge is -2.20. The van der Waals surface area contributed by atoms with E-state index in [2.05, 4.69) is 13.8 Å². The number of phosphoric acid groups is 1. The molecule has 0 aliphatic carbocycles. The zero-order chi connectivity index (χ0) is 45.5. The van der Waals surface area contributed by atoms with Crippen LogP contribution < -0.4 is 0 Å². The smallest absolute Gasteiger partial charge is 0.457 e. The lowest BCUT2D eigenvalue weighted by molar-refractivity contribution is -0.153. The quantitative estimate of drug-likeness (QED) is 0.0306. The molecule has 0 heterocycles. The molecule has 0 saturated heterocycles. The maximum absolute atomic E-state index is 12.4. The standard InChI is InChI=1S/C51H101O10P/c1-3-5-7-9-11-13-15-17-19-21-22-23-24-25-26-27-29-31-33-35-37-39-41-43-51(55)61-49(45-53)47-59-62(56,57)58-46-48(44-52)60-50(54)42-40-38-36-34-32-30-28-20-18-16-14-12-10-8-6-4-2/h48-49,52-53H,3-47H2,1-2H3,(H,56,57). The number of carbonyl (C=O) groups excluding carboxylic acids is 2. The summed E-state index contributed by atoms with van der Waals surface area (Å²) in [6.45, 7) is 2.28. The lowest BCUT2D eigenvalue weighted by Crippen LogP contribution is -2.28. The second-order valence-corrected chi connectivity index (χ2v) is 19.7. The van der Waals surface area contributed by atoms with Crippen molar-refractivity contribution < 1.29 is 47.8 Å². The van der Waals surface area contributed by atoms with Gasteiger partial charge in [-0.2, -0.15) is 0 Å². The molecule has 0 bridgehead atoms. The molecule has 11 heteroatoms. The number of hydrogen-bond acceptors (Lipinski definition) is 9. The highest BCUT2D eigenvalue weighted by Crippen LogP contribution is 2.43. The Bertz CT molecular complexity index is 998. The zero-order valence-corrected chi connectivity index (χ0v) is 41.5. The molecule has 0 amide bonds. The predicted octanol–water partition coefficient (Wildman–Crippen LogP) is 15.0. The topological polar surface area (TPSA) is 149 Å². The van der Waals surface area contributed by atoms with Gasteiger partial charge in [0.25, 0.3) is 0 Å². The summed E-state index contributed by atoms with van der Waals surface area (Å²) in [5.74, 6) is -0.999. The van der Waals surface area contributed by atoms with Crippen molar-refractivity contribution in [3.05, 3.63) is 0 Å². The summed E-state index contributed by atoms with van der Waals surface area (Å²) >= 11 is 0. The fourth-order valence-corrected chi connectivity index (χ4v) is 8.79. The van der Waals surface area contributed by atoms with Gasteiger partial charge in [-0.25, -0.2) is 4.57 Å². The Morgan fingerprint density at radius 2 is 0.565 bits per heavy atom. The lowest BCUT2D eigenvalue weighted by atomic mass is 10.0. The van der Waals surface area contributed by atoms with Crippen molar-refractivity contribution in [2.24, 2.45) is 0 Å². The zero-order valence-electron chi connectivity index (χ0n) is 40.6. The molecule has 3 atom stereocenters.